The molecular weight excluding hydrogens is 250 g/mol. The second-order valence-electron chi connectivity index (χ2n) is 3.31. The minimum absolute atomic E-state index is 0.851. The Kier molecular flexibility index (Phi) is 3.16. The van der Waals surface area contributed by atoms with Crippen molar-refractivity contribution in [1.29, 1.82) is 0 Å². The van der Waals surface area contributed by atoms with E-state index in [9.17, 15) is 0 Å². The van der Waals surface area contributed by atoms with E-state index in [0.29, 0.717) is 0 Å². The summed E-state index contributed by atoms with van der Waals surface area (Å²) >= 11 is 5.17. The van der Waals surface area contributed by atoms with Gasteiger partial charge in [-0.25, -0.2) is 0 Å². The van der Waals surface area contributed by atoms with Crippen molar-refractivity contribution in [1.82, 2.24) is 10.2 Å². The van der Waals surface area contributed by atoms with Crippen LogP contribution in [0.5, 0.6) is 0 Å². The monoisotopic (exact) mass is 261 g/mol. The van der Waals surface area contributed by atoms with E-state index in [1.165, 1.54) is 12.8 Å². The van der Waals surface area contributed by atoms with Crippen molar-refractivity contribution in [3.05, 3.63) is 5.51 Å². The standard InChI is InChI=1S/C8H12BrN3S/c9-5-7-1-3-12(4-2-7)8-11-10-6-13-8/h6-7H,1-5H2. The van der Waals surface area contributed by atoms with Gasteiger partial charge in [0.2, 0.25) is 5.13 Å². The van der Waals surface area contributed by atoms with Gasteiger partial charge in [0.15, 0.2) is 0 Å². The van der Waals surface area contributed by atoms with Crippen molar-refractivity contribution in [3.8, 4) is 0 Å². The predicted octanol–water partition coefficient (Wildman–Crippen LogP) is 2.15. The highest BCUT2D eigenvalue weighted by atomic mass is 79.9. The number of anilines is 1. The van der Waals surface area contributed by atoms with Gasteiger partial charge >= 0.3 is 0 Å². The van der Waals surface area contributed by atoms with E-state index < -0.39 is 0 Å². The third-order valence-corrected chi connectivity index (χ3v) is 4.12. The van der Waals surface area contributed by atoms with Crippen LogP contribution in [0.1, 0.15) is 12.8 Å². The third-order valence-electron chi connectivity index (χ3n) is 2.45. The maximum Gasteiger partial charge on any atom is 0.208 e. The molecule has 1 aliphatic rings. The zero-order chi connectivity index (χ0) is 9.10. The van der Waals surface area contributed by atoms with Crippen molar-refractivity contribution in [2.45, 2.75) is 12.8 Å². The number of aromatic nitrogens is 2. The fraction of sp³-hybridized carbons (Fsp3) is 0.750. The highest BCUT2D eigenvalue weighted by Gasteiger charge is 2.19. The summed E-state index contributed by atoms with van der Waals surface area (Å²) in [5.74, 6) is 0.851. The third kappa shape index (κ3) is 2.20. The molecule has 13 heavy (non-hydrogen) atoms. The van der Waals surface area contributed by atoms with Crippen molar-refractivity contribution < 1.29 is 0 Å². The first-order valence-electron chi connectivity index (χ1n) is 4.47. The summed E-state index contributed by atoms with van der Waals surface area (Å²) in [6, 6.07) is 0. The fourth-order valence-corrected chi connectivity index (χ4v) is 2.85. The van der Waals surface area contributed by atoms with E-state index in [-0.39, 0.29) is 0 Å². The Hall–Kier alpha value is -0.160. The minimum Gasteiger partial charge on any atom is -0.347 e. The van der Waals surface area contributed by atoms with Crippen molar-refractivity contribution in [2.75, 3.05) is 23.3 Å². The Bertz CT molecular complexity index is 244. The SMILES string of the molecule is BrCC1CCN(c2nncs2)CC1. The van der Waals surface area contributed by atoms with Crippen LogP contribution in [0.15, 0.2) is 5.51 Å². The lowest BCUT2D eigenvalue weighted by Crippen LogP contribution is -2.34. The van der Waals surface area contributed by atoms with Crippen LogP contribution in [0, 0.1) is 5.92 Å². The van der Waals surface area contributed by atoms with E-state index in [1.807, 2.05) is 0 Å². The van der Waals surface area contributed by atoms with Gasteiger partial charge in [-0.3, -0.25) is 0 Å². The van der Waals surface area contributed by atoms with Gasteiger partial charge in [0.05, 0.1) is 0 Å². The topological polar surface area (TPSA) is 29.0 Å². The Morgan fingerprint density at radius 3 is 2.85 bits per heavy atom. The molecule has 2 heterocycles. The summed E-state index contributed by atoms with van der Waals surface area (Å²) < 4.78 is 0. The zero-order valence-corrected chi connectivity index (χ0v) is 9.72. The average Bonchev–Trinajstić information content (AvgIpc) is 2.71. The molecule has 5 heteroatoms. The molecule has 0 aromatic carbocycles. The second-order valence-corrected chi connectivity index (χ2v) is 4.77. The van der Waals surface area contributed by atoms with Gasteiger partial charge in [-0.2, -0.15) is 0 Å². The van der Waals surface area contributed by atoms with Crippen LogP contribution in [0.25, 0.3) is 0 Å². The molecule has 1 aromatic rings. The van der Waals surface area contributed by atoms with Crippen LogP contribution < -0.4 is 4.90 Å². The minimum atomic E-state index is 0.851. The van der Waals surface area contributed by atoms with Gasteiger partial charge in [-0.1, -0.05) is 27.3 Å². The van der Waals surface area contributed by atoms with Gasteiger partial charge in [0.25, 0.3) is 0 Å². The number of piperidine rings is 1. The van der Waals surface area contributed by atoms with Crippen LogP contribution in [-0.2, 0) is 0 Å². The number of nitrogens with zero attached hydrogens (tertiary/aromatic N) is 3. The quantitative estimate of drug-likeness (QED) is 0.765. The maximum atomic E-state index is 4.07. The first-order chi connectivity index (χ1) is 6.40. The number of hydrogen-bond acceptors (Lipinski definition) is 4. The molecule has 0 aliphatic carbocycles. The summed E-state index contributed by atoms with van der Waals surface area (Å²) in [6.07, 6.45) is 2.54. The van der Waals surface area contributed by atoms with Crippen molar-refractivity contribution >= 4 is 32.4 Å². The number of alkyl halides is 1. The summed E-state index contributed by atoms with van der Waals surface area (Å²) in [5, 5.41) is 10.1. The molecule has 1 saturated heterocycles. The number of hydrogen-bond donors (Lipinski definition) is 0. The lowest BCUT2D eigenvalue weighted by atomic mass is 10.00. The lowest BCUT2D eigenvalue weighted by Gasteiger charge is -2.30. The van der Waals surface area contributed by atoms with Crippen LogP contribution in [-0.4, -0.2) is 28.6 Å². The molecule has 0 saturated carbocycles. The Labute approximate surface area is 90.3 Å². The molecule has 72 valence electrons. The van der Waals surface area contributed by atoms with E-state index in [2.05, 4.69) is 31.0 Å². The van der Waals surface area contributed by atoms with Crippen LogP contribution in [0.2, 0.25) is 0 Å². The first kappa shape index (κ1) is 9.40. The highest BCUT2D eigenvalue weighted by Crippen LogP contribution is 2.24. The summed E-state index contributed by atoms with van der Waals surface area (Å²) in [5.41, 5.74) is 1.80. The molecule has 0 N–H and O–H groups in total. The molecule has 3 nitrogen and oxygen atoms in total. The molecule has 1 aromatic heterocycles. The average molecular weight is 262 g/mol. The fourth-order valence-electron chi connectivity index (χ4n) is 1.58. The molecule has 0 atom stereocenters. The van der Waals surface area contributed by atoms with Gasteiger partial charge in [0.1, 0.15) is 5.51 Å². The normalized spacial score (nSPS) is 19.3. The number of rotatable bonds is 2. The first-order valence-corrected chi connectivity index (χ1v) is 6.47. The summed E-state index contributed by atoms with van der Waals surface area (Å²) in [6.45, 7) is 2.26. The van der Waals surface area contributed by atoms with Gasteiger partial charge < -0.3 is 4.90 Å². The summed E-state index contributed by atoms with van der Waals surface area (Å²) in [4.78, 5) is 2.33. The molecule has 0 spiro atoms. The van der Waals surface area contributed by atoms with E-state index in [1.54, 1.807) is 16.8 Å². The molecule has 1 aliphatic heterocycles. The van der Waals surface area contributed by atoms with E-state index in [0.717, 1.165) is 29.5 Å². The van der Waals surface area contributed by atoms with E-state index in [4.69, 9.17) is 0 Å². The molecular formula is C8H12BrN3S. The van der Waals surface area contributed by atoms with Crippen molar-refractivity contribution in [2.24, 2.45) is 5.92 Å². The highest BCUT2D eigenvalue weighted by molar-refractivity contribution is 9.09. The Morgan fingerprint density at radius 2 is 2.31 bits per heavy atom. The summed E-state index contributed by atoms with van der Waals surface area (Å²) in [7, 11) is 0. The zero-order valence-electron chi connectivity index (χ0n) is 7.32. The predicted molar refractivity (Wildman–Crippen MR) is 58.6 cm³/mol. The molecule has 0 amide bonds. The van der Waals surface area contributed by atoms with Crippen LogP contribution in [0.4, 0.5) is 5.13 Å². The lowest BCUT2D eigenvalue weighted by molar-refractivity contribution is 0.446. The molecule has 2 rings (SSSR count). The van der Waals surface area contributed by atoms with E-state index >= 15 is 0 Å². The molecule has 0 unspecified atom stereocenters. The Balaban J connectivity index is 1.92. The van der Waals surface area contributed by atoms with Crippen LogP contribution >= 0.6 is 27.3 Å². The van der Waals surface area contributed by atoms with Crippen molar-refractivity contribution in [3.63, 3.8) is 0 Å². The molecule has 0 bridgehead atoms. The van der Waals surface area contributed by atoms with Gasteiger partial charge in [-0.15, -0.1) is 10.2 Å². The smallest absolute Gasteiger partial charge is 0.208 e. The Morgan fingerprint density at radius 1 is 1.54 bits per heavy atom. The number of halogens is 1. The van der Waals surface area contributed by atoms with Gasteiger partial charge in [-0.05, 0) is 18.8 Å². The second kappa shape index (κ2) is 4.37. The molecule has 1 fully saturated rings. The maximum absolute atomic E-state index is 4.07. The van der Waals surface area contributed by atoms with Gasteiger partial charge in [0, 0.05) is 18.4 Å². The van der Waals surface area contributed by atoms with Crippen LogP contribution in [0.3, 0.4) is 0 Å². The molecule has 0 radical (unpaired) electrons. The largest absolute Gasteiger partial charge is 0.347 e.